The zero-order chi connectivity index (χ0) is 9.80. The molecule has 1 N–H and O–H groups in total. The van der Waals surface area contributed by atoms with E-state index < -0.39 is 23.0 Å². The van der Waals surface area contributed by atoms with Gasteiger partial charge in [-0.1, -0.05) is 6.92 Å². The highest BCUT2D eigenvalue weighted by Crippen LogP contribution is 2.54. The van der Waals surface area contributed by atoms with Crippen LogP contribution in [0.15, 0.2) is 0 Å². The molecule has 0 spiro atoms. The Morgan fingerprint density at radius 2 is 2.15 bits per heavy atom. The molecule has 0 aromatic heterocycles. The third kappa shape index (κ3) is 0.692. The number of carbonyl (C=O) groups is 3. The molecule has 2 aliphatic carbocycles. The van der Waals surface area contributed by atoms with Gasteiger partial charge >= 0.3 is 5.97 Å². The van der Waals surface area contributed by atoms with Gasteiger partial charge in [-0.25, -0.2) is 0 Å². The summed E-state index contributed by atoms with van der Waals surface area (Å²) in [4.78, 5) is 33.7. The maximum absolute atomic E-state index is 11.4. The second-order valence-electron chi connectivity index (χ2n) is 3.90. The van der Waals surface area contributed by atoms with Crippen LogP contribution in [0, 0.1) is 17.3 Å². The van der Waals surface area contributed by atoms with Crippen molar-refractivity contribution in [2.24, 2.45) is 17.3 Å². The second-order valence-corrected chi connectivity index (χ2v) is 3.90. The van der Waals surface area contributed by atoms with Gasteiger partial charge in [0.2, 0.25) is 11.6 Å². The molecule has 4 heteroatoms. The van der Waals surface area contributed by atoms with Crippen LogP contribution in [0.3, 0.4) is 0 Å². The molecule has 2 rings (SSSR count). The number of ketones is 2. The number of Topliss-reactive ketones (excluding diaryl/α,β-unsaturated/α-hetero) is 2. The SMILES string of the molecule is CC1C2CCC1(C(=O)O)C(=O)C2=O. The zero-order valence-corrected chi connectivity index (χ0v) is 7.24. The number of rotatable bonds is 1. The van der Waals surface area contributed by atoms with Crippen molar-refractivity contribution < 1.29 is 19.5 Å². The van der Waals surface area contributed by atoms with Gasteiger partial charge in [-0.05, 0) is 18.8 Å². The van der Waals surface area contributed by atoms with Gasteiger partial charge in [0.05, 0.1) is 0 Å². The Morgan fingerprint density at radius 3 is 2.46 bits per heavy atom. The Bertz CT molecular complexity index is 320. The lowest BCUT2D eigenvalue weighted by atomic mass is 9.79. The first kappa shape index (κ1) is 8.41. The fraction of sp³-hybridized carbons (Fsp3) is 0.667. The predicted octanol–water partition coefficient (Wildman–Crippen LogP) is 0.255. The van der Waals surface area contributed by atoms with E-state index in [9.17, 15) is 14.4 Å². The molecule has 13 heavy (non-hydrogen) atoms. The molecule has 70 valence electrons. The van der Waals surface area contributed by atoms with Crippen molar-refractivity contribution in [2.45, 2.75) is 19.8 Å². The molecule has 2 bridgehead atoms. The molecule has 0 heterocycles. The Kier molecular flexibility index (Phi) is 1.41. The average Bonchev–Trinajstić information content (AvgIpc) is 2.48. The van der Waals surface area contributed by atoms with E-state index in [-0.39, 0.29) is 11.8 Å². The third-order valence-electron chi connectivity index (χ3n) is 3.58. The molecule has 0 aromatic carbocycles. The summed E-state index contributed by atoms with van der Waals surface area (Å²) in [6.45, 7) is 1.69. The number of carbonyl (C=O) groups excluding carboxylic acids is 2. The number of carboxylic acids is 1. The quantitative estimate of drug-likeness (QED) is 0.466. The van der Waals surface area contributed by atoms with E-state index in [1.54, 1.807) is 6.92 Å². The van der Waals surface area contributed by atoms with E-state index in [4.69, 9.17) is 5.11 Å². The summed E-state index contributed by atoms with van der Waals surface area (Å²) in [6.07, 6.45) is 0.886. The van der Waals surface area contributed by atoms with Crippen LogP contribution >= 0.6 is 0 Å². The van der Waals surface area contributed by atoms with Crippen molar-refractivity contribution in [1.82, 2.24) is 0 Å². The summed E-state index contributed by atoms with van der Waals surface area (Å²) in [5, 5.41) is 8.98. The van der Waals surface area contributed by atoms with E-state index in [1.165, 1.54) is 0 Å². The molecule has 0 aromatic rings. The Balaban J connectivity index is 2.54. The monoisotopic (exact) mass is 182 g/mol. The Hall–Kier alpha value is -1.19. The minimum Gasteiger partial charge on any atom is -0.480 e. The van der Waals surface area contributed by atoms with E-state index in [0.717, 1.165) is 0 Å². The molecule has 2 saturated carbocycles. The minimum atomic E-state index is -1.37. The highest BCUT2D eigenvalue weighted by Gasteiger charge is 2.66. The maximum Gasteiger partial charge on any atom is 0.318 e. The molecule has 3 unspecified atom stereocenters. The maximum atomic E-state index is 11.4. The molecule has 0 amide bonds. The largest absolute Gasteiger partial charge is 0.480 e. The summed E-state index contributed by atoms with van der Waals surface area (Å²) < 4.78 is 0. The van der Waals surface area contributed by atoms with Crippen LogP contribution in [0.1, 0.15) is 19.8 Å². The summed E-state index contributed by atoms with van der Waals surface area (Å²) in [5.74, 6) is -2.92. The van der Waals surface area contributed by atoms with Gasteiger partial charge in [0.1, 0.15) is 5.41 Å². The zero-order valence-electron chi connectivity index (χ0n) is 7.24. The number of hydrogen-bond donors (Lipinski definition) is 1. The topological polar surface area (TPSA) is 71.4 Å². The third-order valence-corrected chi connectivity index (χ3v) is 3.58. The molecular weight excluding hydrogens is 172 g/mol. The van der Waals surface area contributed by atoms with Gasteiger partial charge in [-0.3, -0.25) is 14.4 Å². The van der Waals surface area contributed by atoms with Crippen LogP contribution in [0.2, 0.25) is 0 Å². The number of hydrogen-bond acceptors (Lipinski definition) is 3. The summed E-state index contributed by atoms with van der Waals surface area (Å²) >= 11 is 0. The summed E-state index contributed by atoms with van der Waals surface area (Å²) in [5.41, 5.74) is -1.37. The van der Waals surface area contributed by atoms with Crippen LogP contribution < -0.4 is 0 Å². The molecule has 3 atom stereocenters. The summed E-state index contributed by atoms with van der Waals surface area (Å²) in [6, 6.07) is 0. The summed E-state index contributed by atoms with van der Waals surface area (Å²) in [7, 11) is 0. The first-order valence-corrected chi connectivity index (χ1v) is 4.34. The van der Waals surface area contributed by atoms with Gasteiger partial charge in [0.15, 0.2) is 0 Å². The molecular formula is C9H10O4. The van der Waals surface area contributed by atoms with Gasteiger partial charge in [-0.2, -0.15) is 0 Å². The highest BCUT2D eigenvalue weighted by atomic mass is 16.4. The van der Waals surface area contributed by atoms with E-state index in [0.29, 0.717) is 12.8 Å². The standard InChI is InChI=1S/C9H10O4/c1-4-5-2-3-9(4,8(12)13)7(11)6(5)10/h4-5H,2-3H2,1H3,(H,12,13). The molecule has 0 radical (unpaired) electrons. The number of carboxylic acid groups (broad SMARTS) is 1. The first-order valence-electron chi connectivity index (χ1n) is 4.34. The normalized spacial score (nSPS) is 42.8. The lowest BCUT2D eigenvalue weighted by Gasteiger charge is -2.21. The van der Waals surface area contributed by atoms with Crippen molar-refractivity contribution in [3.05, 3.63) is 0 Å². The fourth-order valence-corrected chi connectivity index (χ4v) is 2.67. The Morgan fingerprint density at radius 1 is 1.54 bits per heavy atom. The van der Waals surface area contributed by atoms with Crippen molar-refractivity contribution in [2.75, 3.05) is 0 Å². The van der Waals surface area contributed by atoms with Crippen LogP contribution in [-0.4, -0.2) is 22.6 Å². The molecule has 2 fully saturated rings. The van der Waals surface area contributed by atoms with Crippen molar-refractivity contribution in [3.8, 4) is 0 Å². The molecule has 0 saturated heterocycles. The minimum absolute atomic E-state index is 0.315. The van der Waals surface area contributed by atoms with Gasteiger partial charge in [0.25, 0.3) is 0 Å². The lowest BCUT2D eigenvalue weighted by Crippen LogP contribution is -2.40. The van der Waals surface area contributed by atoms with Gasteiger partial charge < -0.3 is 5.11 Å². The predicted molar refractivity (Wildman–Crippen MR) is 42.0 cm³/mol. The van der Waals surface area contributed by atoms with Crippen LogP contribution in [0.4, 0.5) is 0 Å². The van der Waals surface area contributed by atoms with Gasteiger partial charge in [0, 0.05) is 5.92 Å². The first-order chi connectivity index (χ1) is 6.01. The molecule has 2 aliphatic rings. The Labute approximate surface area is 74.9 Å². The van der Waals surface area contributed by atoms with E-state index >= 15 is 0 Å². The smallest absolute Gasteiger partial charge is 0.318 e. The van der Waals surface area contributed by atoms with Crippen molar-refractivity contribution in [1.29, 1.82) is 0 Å². The molecule has 4 nitrogen and oxygen atoms in total. The second kappa shape index (κ2) is 2.19. The highest BCUT2D eigenvalue weighted by molar-refractivity contribution is 6.46. The fourth-order valence-electron chi connectivity index (χ4n) is 2.67. The molecule has 0 aliphatic heterocycles. The number of aliphatic carboxylic acids is 1. The number of fused-ring (bicyclic) bond motifs is 2. The van der Waals surface area contributed by atoms with Crippen LogP contribution in [0.5, 0.6) is 0 Å². The van der Waals surface area contributed by atoms with E-state index in [1.807, 2.05) is 0 Å². The average molecular weight is 182 g/mol. The van der Waals surface area contributed by atoms with Crippen molar-refractivity contribution in [3.63, 3.8) is 0 Å². The van der Waals surface area contributed by atoms with Crippen LogP contribution in [-0.2, 0) is 14.4 Å². The van der Waals surface area contributed by atoms with Crippen molar-refractivity contribution >= 4 is 17.5 Å². The van der Waals surface area contributed by atoms with Gasteiger partial charge in [-0.15, -0.1) is 0 Å². The van der Waals surface area contributed by atoms with Crippen LogP contribution in [0.25, 0.3) is 0 Å². The van der Waals surface area contributed by atoms with E-state index in [2.05, 4.69) is 0 Å². The lowest BCUT2D eigenvalue weighted by molar-refractivity contribution is -0.157.